The van der Waals surface area contributed by atoms with Crippen molar-refractivity contribution in [1.29, 1.82) is 5.26 Å². The predicted octanol–water partition coefficient (Wildman–Crippen LogP) is 2.46. The van der Waals surface area contributed by atoms with Gasteiger partial charge in [0.15, 0.2) is 0 Å². The van der Waals surface area contributed by atoms with Gasteiger partial charge in [0.05, 0.1) is 5.56 Å². The Hall–Kier alpha value is -2.87. The zero-order valence-corrected chi connectivity index (χ0v) is 13.5. The predicted molar refractivity (Wildman–Crippen MR) is 92.3 cm³/mol. The number of likely N-dealkylation sites (tertiary alicyclic amines) is 1. The number of hydrogen-bond acceptors (Lipinski definition) is 4. The molecule has 1 aliphatic heterocycles. The average Bonchev–Trinajstić information content (AvgIpc) is 2.99. The maximum absolute atomic E-state index is 12.1. The summed E-state index contributed by atoms with van der Waals surface area (Å²) in [6.07, 6.45) is 3.02. The molecule has 2 heterocycles. The Kier molecular flexibility index (Phi) is 5.07. The van der Waals surface area contributed by atoms with Crippen LogP contribution < -0.4 is 5.32 Å². The van der Waals surface area contributed by atoms with E-state index in [1.54, 1.807) is 18.3 Å². The molecule has 1 aromatic heterocycles. The standard InChI is InChI=1S/C19H20N4O/c20-11-16-6-7-18(21-12-16)22-13-17-10-19(24)23(14-17)9-8-15-4-2-1-3-5-15/h1-7,12,17H,8-10,13-14H2,(H,21,22). The minimum atomic E-state index is 0.227. The number of carbonyl (C=O) groups is 1. The molecule has 0 bridgehead atoms. The molecule has 24 heavy (non-hydrogen) atoms. The molecule has 1 fully saturated rings. The van der Waals surface area contributed by atoms with Crippen LogP contribution in [0.25, 0.3) is 0 Å². The van der Waals surface area contributed by atoms with Gasteiger partial charge >= 0.3 is 0 Å². The Morgan fingerprint density at radius 2 is 2.08 bits per heavy atom. The summed E-state index contributed by atoms with van der Waals surface area (Å²) in [6, 6.07) is 15.8. The van der Waals surface area contributed by atoms with Crippen molar-refractivity contribution in [3.05, 3.63) is 59.8 Å². The summed E-state index contributed by atoms with van der Waals surface area (Å²) in [5.74, 6) is 1.26. The molecule has 0 aliphatic carbocycles. The van der Waals surface area contributed by atoms with Gasteiger partial charge in [-0.2, -0.15) is 5.26 Å². The second kappa shape index (κ2) is 7.60. The fraction of sp³-hybridized carbons (Fsp3) is 0.316. The summed E-state index contributed by atoms with van der Waals surface area (Å²) in [7, 11) is 0. The normalized spacial score (nSPS) is 16.9. The number of rotatable bonds is 6. The van der Waals surface area contributed by atoms with Crippen molar-refractivity contribution >= 4 is 11.7 Å². The molecule has 122 valence electrons. The number of nitrogens with zero attached hydrogens (tertiary/aromatic N) is 3. The molecule has 1 amide bonds. The summed E-state index contributed by atoms with van der Waals surface area (Å²) >= 11 is 0. The van der Waals surface area contributed by atoms with Gasteiger partial charge < -0.3 is 10.2 Å². The second-order valence-corrected chi connectivity index (χ2v) is 6.07. The molecule has 2 aromatic rings. The Bertz CT molecular complexity index is 721. The number of benzene rings is 1. The van der Waals surface area contributed by atoms with E-state index in [2.05, 4.69) is 22.4 Å². The number of anilines is 1. The first-order chi connectivity index (χ1) is 11.7. The largest absolute Gasteiger partial charge is 0.370 e. The van der Waals surface area contributed by atoms with Gasteiger partial charge in [-0.15, -0.1) is 0 Å². The van der Waals surface area contributed by atoms with Gasteiger partial charge in [0.25, 0.3) is 0 Å². The molecule has 0 radical (unpaired) electrons. The Balaban J connectivity index is 1.46. The van der Waals surface area contributed by atoms with Crippen molar-refractivity contribution in [3.8, 4) is 6.07 Å². The fourth-order valence-corrected chi connectivity index (χ4v) is 2.93. The number of nitrogens with one attached hydrogen (secondary N) is 1. The third-order valence-corrected chi connectivity index (χ3v) is 4.27. The quantitative estimate of drug-likeness (QED) is 0.887. The van der Waals surface area contributed by atoms with Crippen LogP contribution in [0.4, 0.5) is 5.82 Å². The number of aromatic nitrogens is 1. The first-order valence-corrected chi connectivity index (χ1v) is 8.16. The molecule has 1 N–H and O–H groups in total. The van der Waals surface area contributed by atoms with Crippen molar-refractivity contribution < 1.29 is 4.79 Å². The second-order valence-electron chi connectivity index (χ2n) is 6.07. The van der Waals surface area contributed by atoms with Crippen LogP contribution >= 0.6 is 0 Å². The van der Waals surface area contributed by atoms with Crippen molar-refractivity contribution in [2.24, 2.45) is 5.92 Å². The number of pyridine rings is 1. The van der Waals surface area contributed by atoms with Crippen molar-refractivity contribution in [3.63, 3.8) is 0 Å². The van der Waals surface area contributed by atoms with Gasteiger partial charge in [-0.05, 0) is 24.1 Å². The summed E-state index contributed by atoms with van der Waals surface area (Å²) < 4.78 is 0. The lowest BCUT2D eigenvalue weighted by Crippen LogP contribution is -2.28. The van der Waals surface area contributed by atoms with E-state index >= 15 is 0 Å². The number of amides is 1. The molecule has 1 unspecified atom stereocenters. The monoisotopic (exact) mass is 320 g/mol. The summed E-state index contributed by atoms with van der Waals surface area (Å²) in [4.78, 5) is 18.3. The van der Waals surface area contributed by atoms with Gasteiger partial charge in [-0.25, -0.2) is 4.98 Å². The highest BCUT2D eigenvalue weighted by Gasteiger charge is 2.28. The van der Waals surface area contributed by atoms with Crippen LogP contribution in [0.1, 0.15) is 17.5 Å². The van der Waals surface area contributed by atoms with Crippen LogP contribution in [0.5, 0.6) is 0 Å². The van der Waals surface area contributed by atoms with E-state index in [0.717, 1.165) is 25.3 Å². The van der Waals surface area contributed by atoms with Crippen LogP contribution in [0.15, 0.2) is 48.7 Å². The van der Waals surface area contributed by atoms with E-state index in [1.165, 1.54) is 5.56 Å². The molecule has 1 aromatic carbocycles. The van der Waals surface area contributed by atoms with Crippen LogP contribution in [-0.4, -0.2) is 35.4 Å². The van der Waals surface area contributed by atoms with Crippen molar-refractivity contribution in [2.75, 3.05) is 25.0 Å². The van der Waals surface area contributed by atoms with E-state index < -0.39 is 0 Å². The van der Waals surface area contributed by atoms with Crippen molar-refractivity contribution in [2.45, 2.75) is 12.8 Å². The van der Waals surface area contributed by atoms with E-state index in [1.807, 2.05) is 29.2 Å². The molecule has 5 heteroatoms. The van der Waals surface area contributed by atoms with Gasteiger partial charge in [0, 0.05) is 38.2 Å². The van der Waals surface area contributed by atoms with E-state index in [4.69, 9.17) is 5.26 Å². The maximum Gasteiger partial charge on any atom is 0.223 e. The topological polar surface area (TPSA) is 69.0 Å². The molecular weight excluding hydrogens is 300 g/mol. The lowest BCUT2D eigenvalue weighted by atomic mass is 10.1. The molecule has 1 saturated heterocycles. The lowest BCUT2D eigenvalue weighted by Gasteiger charge is -2.17. The maximum atomic E-state index is 12.1. The summed E-state index contributed by atoms with van der Waals surface area (Å²) in [6.45, 7) is 2.27. The third-order valence-electron chi connectivity index (χ3n) is 4.27. The third kappa shape index (κ3) is 4.11. The van der Waals surface area contributed by atoms with Gasteiger partial charge in [-0.3, -0.25) is 4.79 Å². The van der Waals surface area contributed by atoms with Crippen LogP contribution in [0.3, 0.4) is 0 Å². The number of carbonyl (C=O) groups excluding carboxylic acids is 1. The van der Waals surface area contributed by atoms with Gasteiger partial charge in [0.1, 0.15) is 11.9 Å². The highest BCUT2D eigenvalue weighted by Crippen LogP contribution is 2.19. The van der Waals surface area contributed by atoms with Crippen LogP contribution in [0, 0.1) is 17.2 Å². The Labute approximate surface area is 141 Å². The molecule has 0 saturated carbocycles. The zero-order chi connectivity index (χ0) is 16.8. The molecule has 1 atom stereocenters. The number of nitriles is 1. The number of hydrogen-bond donors (Lipinski definition) is 1. The fourth-order valence-electron chi connectivity index (χ4n) is 2.93. The summed E-state index contributed by atoms with van der Waals surface area (Å²) in [5.41, 5.74) is 1.80. The minimum Gasteiger partial charge on any atom is -0.370 e. The van der Waals surface area contributed by atoms with Crippen LogP contribution in [0.2, 0.25) is 0 Å². The molecule has 0 spiro atoms. The molecule has 5 nitrogen and oxygen atoms in total. The molecular formula is C19H20N4O. The van der Waals surface area contributed by atoms with E-state index in [-0.39, 0.29) is 5.91 Å². The van der Waals surface area contributed by atoms with E-state index in [9.17, 15) is 4.79 Å². The van der Waals surface area contributed by atoms with Crippen LogP contribution in [-0.2, 0) is 11.2 Å². The average molecular weight is 320 g/mol. The molecule has 1 aliphatic rings. The zero-order valence-electron chi connectivity index (χ0n) is 13.5. The van der Waals surface area contributed by atoms with Gasteiger partial charge in [-0.1, -0.05) is 30.3 Å². The highest BCUT2D eigenvalue weighted by atomic mass is 16.2. The van der Waals surface area contributed by atoms with Crippen molar-refractivity contribution in [1.82, 2.24) is 9.88 Å². The first kappa shape index (κ1) is 16.0. The lowest BCUT2D eigenvalue weighted by molar-refractivity contribution is -0.127. The SMILES string of the molecule is N#Cc1ccc(NCC2CC(=O)N(CCc3ccccc3)C2)nc1. The summed E-state index contributed by atoms with van der Waals surface area (Å²) in [5, 5.41) is 12.0. The smallest absolute Gasteiger partial charge is 0.223 e. The minimum absolute atomic E-state index is 0.227. The van der Waals surface area contributed by atoms with E-state index in [0.29, 0.717) is 24.4 Å². The molecule has 3 rings (SSSR count). The Morgan fingerprint density at radius 1 is 1.25 bits per heavy atom. The van der Waals surface area contributed by atoms with Gasteiger partial charge in [0.2, 0.25) is 5.91 Å². The highest BCUT2D eigenvalue weighted by molar-refractivity contribution is 5.78. The first-order valence-electron chi connectivity index (χ1n) is 8.16. The Morgan fingerprint density at radius 3 is 2.79 bits per heavy atom.